The van der Waals surface area contributed by atoms with E-state index in [0.29, 0.717) is 50.4 Å². The number of epoxide rings is 1. The van der Waals surface area contributed by atoms with Gasteiger partial charge in [-0.1, -0.05) is 75.9 Å². The second kappa shape index (κ2) is 15.9. The van der Waals surface area contributed by atoms with Crippen LogP contribution in [0.2, 0.25) is 0 Å². The molecule has 1 aromatic rings. The summed E-state index contributed by atoms with van der Waals surface area (Å²) in [5.74, 6) is -1.40. The number of fused-ring (bicyclic) bond motifs is 5. The van der Waals surface area contributed by atoms with Crippen LogP contribution in [-0.2, 0) is 44.7 Å². The number of unbranched alkanes of at least 4 members (excludes halogenated alkanes) is 4. The summed E-state index contributed by atoms with van der Waals surface area (Å²) in [6, 6.07) is 6.53. The number of ether oxygens (including phenoxy) is 4. The molecule has 2 bridgehead atoms. The lowest BCUT2D eigenvalue weighted by Gasteiger charge is -2.50. The first-order valence-corrected chi connectivity index (χ1v) is 20.9. The van der Waals surface area contributed by atoms with Crippen LogP contribution in [0, 0.1) is 11.3 Å². The summed E-state index contributed by atoms with van der Waals surface area (Å²) in [5.41, 5.74) is 0.702. The van der Waals surface area contributed by atoms with Crippen molar-refractivity contribution < 1.29 is 43.3 Å². The molecule has 2 aliphatic carbocycles. The van der Waals surface area contributed by atoms with Crippen LogP contribution >= 0.6 is 0 Å². The second-order valence-corrected chi connectivity index (χ2v) is 16.8. The van der Waals surface area contributed by atoms with Gasteiger partial charge in [-0.05, 0) is 62.0 Å². The highest BCUT2D eigenvalue weighted by molar-refractivity contribution is 5.96. The first-order chi connectivity index (χ1) is 26.3. The van der Waals surface area contributed by atoms with Crippen molar-refractivity contribution in [1.82, 2.24) is 15.3 Å². The molecule has 1 aromatic carbocycles. The molecule has 0 spiro atoms. The Hall–Kier alpha value is -2.87. The van der Waals surface area contributed by atoms with E-state index in [1.807, 2.05) is 12.1 Å². The molecule has 296 valence electrons. The van der Waals surface area contributed by atoms with Crippen molar-refractivity contribution >= 4 is 23.9 Å². The van der Waals surface area contributed by atoms with Crippen LogP contribution in [0.3, 0.4) is 0 Å². The summed E-state index contributed by atoms with van der Waals surface area (Å²) in [4.78, 5) is 51.4. The summed E-state index contributed by atoms with van der Waals surface area (Å²) in [7, 11) is 0. The lowest BCUT2D eigenvalue weighted by atomic mass is 9.62. The Labute approximate surface area is 319 Å². The number of aliphatic hydroxyl groups excluding tert-OH is 1. The van der Waals surface area contributed by atoms with Crippen molar-refractivity contribution in [2.24, 2.45) is 11.3 Å². The average molecular weight is 750 g/mol. The quantitative estimate of drug-likeness (QED) is 0.138. The first-order valence-electron chi connectivity index (χ1n) is 20.9. The van der Waals surface area contributed by atoms with Gasteiger partial charge in [-0.25, -0.2) is 0 Å². The van der Waals surface area contributed by atoms with E-state index in [4.69, 9.17) is 23.8 Å². The molecule has 0 radical (unpaired) electrons. The van der Waals surface area contributed by atoms with Crippen molar-refractivity contribution in [3.8, 4) is 0 Å². The number of aliphatic hydroxyl groups is 1. The maximum Gasteiger partial charge on any atom is 0.327 e. The predicted molar refractivity (Wildman–Crippen MR) is 198 cm³/mol. The molecule has 5 aliphatic heterocycles. The van der Waals surface area contributed by atoms with Crippen molar-refractivity contribution in [3.63, 3.8) is 0 Å². The molecule has 10 unspecified atom stereocenters. The molecule has 7 fully saturated rings. The number of benzene rings is 1. The van der Waals surface area contributed by atoms with Crippen LogP contribution in [0.4, 0.5) is 0 Å². The number of nitrogens with one attached hydrogen (secondary N) is 1. The largest absolute Gasteiger partial charge is 0.458 e. The second-order valence-electron chi connectivity index (χ2n) is 16.8. The number of carbonyl (C=O) groups excluding carboxylic acids is 3. The van der Waals surface area contributed by atoms with E-state index in [0.717, 1.165) is 68.9 Å². The topological polar surface area (TPSA) is 139 Å². The van der Waals surface area contributed by atoms with Crippen LogP contribution in [-0.4, -0.2) is 107 Å². The monoisotopic (exact) mass is 749 g/mol. The molecule has 8 rings (SSSR count). The minimum absolute atomic E-state index is 0.108. The van der Waals surface area contributed by atoms with Crippen LogP contribution in [0.25, 0.3) is 6.08 Å². The van der Waals surface area contributed by atoms with Crippen molar-refractivity contribution in [2.75, 3.05) is 19.7 Å². The van der Waals surface area contributed by atoms with Gasteiger partial charge in [0, 0.05) is 32.4 Å². The zero-order valence-corrected chi connectivity index (χ0v) is 32.0. The van der Waals surface area contributed by atoms with E-state index in [-0.39, 0.29) is 37.9 Å². The lowest BCUT2D eigenvalue weighted by Crippen LogP contribution is -2.70. The standard InChI is InChI=1S/C42H59N3O9/c1-3-5-7-19-41(20-8-6-4-2)52-34-33-25-42(40(49)44-22-9-10-30(44)38(47)43-21-23-46)36(39(48)51-33)45(54-37(42)35(34)53-41)26-29-15-12-27(13-16-29)11-14-28-17-18-31-32(24-28)50-31/h11-16,28,30-37,46H,3-10,17-26H2,1-2H3,(H,43,47). The normalized spacial score (nSPS) is 36.2. The number of rotatable bonds is 16. The highest BCUT2D eigenvalue weighted by Crippen LogP contribution is 2.59. The minimum Gasteiger partial charge on any atom is -0.458 e. The Kier molecular flexibility index (Phi) is 11.2. The van der Waals surface area contributed by atoms with Crippen molar-refractivity contribution in [2.45, 2.75) is 165 Å². The SMILES string of the molecule is CCCCCC1(CCCCC)OC2C3CC4(C(=O)N5CCCC5C(=O)NCCO)C(ON(Cc5ccc(C=CC6CCC7OC7C6)cc5)C4C(=O)O3)C2O1. The Bertz CT molecular complexity index is 1540. The van der Waals surface area contributed by atoms with Gasteiger partial charge < -0.3 is 34.3 Å². The molecular formula is C42H59N3O9. The van der Waals surface area contributed by atoms with Gasteiger partial charge in [-0.3, -0.25) is 19.2 Å². The molecule has 10 atom stereocenters. The lowest BCUT2D eigenvalue weighted by molar-refractivity contribution is -0.225. The van der Waals surface area contributed by atoms with E-state index >= 15 is 4.79 Å². The van der Waals surface area contributed by atoms with Gasteiger partial charge in [0.15, 0.2) is 11.8 Å². The van der Waals surface area contributed by atoms with E-state index in [2.05, 4.69) is 43.4 Å². The molecule has 12 nitrogen and oxygen atoms in total. The molecule has 12 heteroatoms. The molecule has 5 heterocycles. The molecule has 0 aromatic heterocycles. The zero-order chi connectivity index (χ0) is 37.5. The van der Waals surface area contributed by atoms with Crippen LogP contribution in [0.15, 0.2) is 30.3 Å². The fourth-order valence-corrected chi connectivity index (χ4v) is 10.3. The molecule has 2 N–H and O–H groups in total. The highest BCUT2D eigenvalue weighted by atomic mass is 16.8. The number of hydroxylamine groups is 2. The Morgan fingerprint density at radius 2 is 1.72 bits per heavy atom. The molecular weight excluding hydrogens is 690 g/mol. The molecule has 2 amide bonds. The maximum absolute atomic E-state index is 15.2. The van der Waals surface area contributed by atoms with Crippen LogP contribution < -0.4 is 5.32 Å². The third-order valence-electron chi connectivity index (χ3n) is 13.1. The Morgan fingerprint density at radius 1 is 0.963 bits per heavy atom. The highest BCUT2D eigenvalue weighted by Gasteiger charge is 2.77. The van der Waals surface area contributed by atoms with Crippen LogP contribution in [0.5, 0.6) is 0 Å². The van der Waals surface area contributed by atoms with Gasteiger partial charge in [0.25, 0.3) is 0 Å². The smallest absolute Gasteiger partial charge is 0.327 e. The summed E-state index contributed by atoms with van der Waals surface area (Å²) < 4.78 is 25.9. The summed E-state index contributed by atoms with van der Waals surface area (Å²) in [5, 5.41) is 13.8. The van der Waals surface area contributed by atoms with Gasteiger partial charge in [-0.2, -0.15) is 5.06 Å². The molecule has 5 saturated heterocycles. The molecule has 54 heavy (non-hydrogen) atoms. The van der Waals surface area contributed by atoms with E-state index in [1.165, 1.54) is 0 Å². The number of likely N-dealkylation sites (tertiary alicyclic amines) is 1. The fraction of sp³-hybridized carbons (Fsp3) is 0.738. The van der Waals surface area contributed by atoms with E-state index in [9.17, 15) is 14.7 Å². The number of carbonyl (C=O) groups is 3. The van der Waals surface area contributed by atoms with Crippen LogP contribution in [0.1, 0.15) is 115 Å². The molecule has 2 saturated carbocycles. The summed E-state index contributed by atoms with van der Waals surface area (Å²) >= 11 is 0. The maximum atomic E-state index is 15.2. The van der Waals surface area contributed by atoms with E-state index < -0.39 is 53.7 Å². The Balaban J connectivity index is 1.08. The third-order valence-corrected chi connectivity index (χ3v) is 13.1. The number of esters is 1. The zero-order valence-electron chi connectivity index (χ0n) is 32.0. The average Bonchev–Trinajstić information content (AvgIpc) is 3.44. The van der Waals surface area contributed by atoms with Gasteiger partial charge in [0.05, 0.1) is 25.4 Å². The van der Waals surface area contributed by atoms with Crippen molar-refractivity contribution in [3.05, 3.63) is 41.5 Å². The van der Waals surface area contributed by atoms with Gasteiger partial charge >= 0.3 is 5.97 Å². The van der Waals surface area contributed by atoms with Gasteiger partial charge in [0.1, 0.15) is 35.9 Å². The van der Waals surface area contributed by atoms with Gasteiger partial charge in [0.2, 0.25) is 11.8 Å². The fourth-order valence-electron chi connectivity index (χ4n) is 10.3. The summed E-state index contributed by atoms with van der Waals surface area (Å²) in [6.45, 7) is 4.92. The number of hydrogen-bond donors (Lipinski definition) is 2. The van der Waals surface area contributed by atoms with Crippen molar-refractivity contribution in [1.29, 1.82) is 0 Å². The number of nitrogens with zero attached hydrogens (tertiary/aromatic N) is 2. The molecule has 7 aliphatic rings. The van der Waals surface area contributed by atoms with Gasteiger partial charge in [-0.15, -0.1) is 0 Å². The number of amides is 2. The van der Waals surface area contributed by atoms with E-state index in [1.54, 1.807) is 9.96 Å². The summed E-state index contributed by atoms with van der Waals surface area (Å²) in [6.07, 6.45) is 15.0. The Morgan fingerprint density at radius 3 is 2.44 bits per heavy atom. The number of hydrogen-bond acceptors (Lipinski definition) is 10. The predicted octanol–water partition coefficient (Wildman–Crippen LogP) is 4.81. The first kappa shape index (κ1) is 38.0. The third kappa shape index (κ3) is 7.15. The number of allylic oxidation sites excluding steroid dienone is 1. The minimum atomic E-state index is -1.33.